The fourth-order valence-electron chi connectivity index (χ4n) is 9.88. The van der Waals surface area contributed by atoms with Crippen LogP contribution in [0.2, 0.25) is 0 Å². The predicted octanol–water partition coefficient (Wildman–Crippen LogP) is -11.4. The quantitative estimate of drug-likeness (QED) is 0.0762. The van der Waals surface area contributed by atoms with Crippen LogP contribution in [0, 0.1) is 0 Å². The van der Waals surface area contributed by atoms with Gasteiger partial charge in [-0.1, -0.05) is 6.42 Å². The van der Waals surface area contributed by atoms with E-state index >= 15 is 0 Å². The van der Waals surface area contributed by atoms with Gasteiger partial charge in [-0.05, 0) is 12.8 Å². The summed E-state index contributed by atoms with van der Waals surface area (Å²) in [5.74, 6) is -1.05. The lowest BCUT2D eigenvalue weighted by molar-refractivity contribution is -0.404. The van der Waals surface area contributed by atoms with Crippen LogP contribution in [-0.4, -0.2) is 328 Å². The van der Waals surface area contributed by atoms with Crippen LogP contribution in [-0.2, 0) is 66.4 Å². The molecule has 0 aromatic rings. The Balaban J connectivity index is 1.21. The molecule has 32 heteroatoms. The smallest absolute Gasteiger partial charge is 0.303 e. The molecule has 22 heterocycles. The Morgan fingerprint density at radius 1 is 0.311 bits per heavy atom. The summed E-state index contributed by atoms with van der Waals surface area (Å²) in [6.07, 6.45) is -57.4. The Bertz CT molecular complexity index is 1710. The van der Waals surface area contributed by atoms with Gasteiger partial charge in [0, 0.05) is 13.0 Å². The molecule has 22 saturated heterocycles. The van der Waals surface area contributed by atoms with E-state index < -0.39 is 230 Å². The average molecular weight is 1090 g/mol. The first-order valence-corrected chi connectivity index (χ1v) is 24.1. The van der Waals surface area contributed by atoms with Crippen molar-refractivity contribution >= 4 is 5.97 Å². The van der Waals surface area contributed by atoms with Gasteiger partial charge in [0.1, 0.15) is 146 Å². The number of aliphatic hydroxyl groups excluding tert-OH is 17. The maximum Gasteiger partial charge on any atom is 0.303 e. The summed E-state index contributed by atoms with van der Waals surface area (Å²) in [6, 6.07) is 0. The summed E-state index contributed by atoms with van der Waals surface area (Å²) in [5.41, 5.74) is 0. The molecular formula is C42H70O32. The third-order valence-corrected chi connectivity index (χ3v) is 14.0. The minimum absolute atomic E-state index is 0.170. The van der Waals surface area contributed by atoms with Crippen LogP contribution >= 0.6 is 0 Å². The molecule has 74 heavy (non-hydrogen) atoms. The second-order valence-corrected chi connectivity index (χ2v) is 18.9. The highest BCUT2D eigenvalue weighted by molar-refractivity contribution is 5.66. The van der Waals surface area contributed by atoms with Crippen LogP contribution in [0.25, 0.3) is 0 Å². The first kappa shape index (κ1) is 59.9. The van der Waals surface area contributed by atoms with Gasteiger partial charge in [0.25, 0.3) is 0 Å². The maximum absolute atomic E-state index is 11.8. The van der Waals surface area contributed by atoms with E-state index in [1.807, 2.05) is 0 Å². The first-order chi connectivity index (χ1) is 35.3. The van der Waals surface area contributed by atoms with Crippen molar-refractivity contribution in [3.8, 4) is 0 Å². The van der Waals surface area contributed by atoms with E-state index in [0.29, 0.717) is 6.42 Å². The van der Waals surface area contributed by atoms with Gasteiger partial charge in [-0.25, -0.2) is 0 Å². The molecule has 0 aromatic carbocycles. The number of hydrogen-bond donors (Lipinski definition) is 18. The fourth-order valence-corrected chi connectivity index (χ4v) is 9.88. The van der Waals surface area contributed by atoms with Gasteiger partial charge in [-0.3, -0.25) is 4.79 Å². The van der Waals surface area contributed by atoms with Crippen LogP contribution in [0.1, 0.15) is 25.7 Å². The minimum atomic E-state index is -2.16. The number of carboxylic acids is 1. The number of aliphatic carboxylic acids is 1. The van der Waals surface area contributed by atoms with Crippen LogP contribution in [0.4, 0.5) is 0 Å². The topological polar surface area (TPSA) is 501 Å². The van der Waals surface area contributed by atoms with E-state index in [9.17, 15) is 91.6 Å². The fraction of sp³-hybridized carbons (Fsp3) is 0.976. The molecule has 0 saturated carbocycles. The Morgan fingerprint density at radius 2 is 0.554 bits per heavy atom. The van der Waals surface area contributed by atoms with Crippen molar-refractivity contribution in [3.05, 3.63) is 0 Å². The summed E-state index contributed by atoms with van der Waals surface area (Å²) in [5, 5.41) is 197. The zero-order valence-corrected chi connectivity index (χ0v) is 39.4. The molecule has 30 atom stereocenters. The van der Waals surface area contributed by atoms with Gasteiger partial charge < -0.3 is 153 Å². The molecule has 0 radical (unpaired) electrons. The summed E-state index contributed by atoms with van der Waals surface area (Å²) in [7, 11) is 0. The predicted molar refractivity (Wildman–Crippen MR) is 226 cm³/mol. The molecule has 12 bridgehead atoms. The molecular weight excluding hydrogens is 1020 g/mol. The SMILES string of the molecule is O=C(O)CCCCCO[C@@H]1[C@@H](O)[C@H]2O[C@H]3[C@H](O)[C@@H](O)[C@@H](O[C@H]4[C@H](O)[C@@H](O)[C@@H](O[C@H]5[C@H](O)[C@@H](O)[C@@H](O[C@H]6[C@H](O)[C@@H](O)[C@@H](O[C@H]7[C@H](O)[C@@H](O)[C@@H](O[C@H]1[C@@H](CO)O2)O[C@@H]7CO)O[C@@H]6CO)O[C@@H]5CO)O[C@@H]4CO)O[C@@H]3CO. The zero-order chi connectivity index (χ0) is 53.9. The van der Waals surface area contributed by atoms with Gasteiger partial charge in [-0.2, -0.15) is 0 Å². The maximum atomic E-state index is 11.8. The number of aliphatic hydroxyl groups is 17. The Hall–Kier alpha value is -1.73. The summed E-state index contributed by atoms with van der Waals surface area (Å²) >= 11 is 0. The normalized spacial score (nSPS) is 50.6. The van der Waals surface area contributed by atoms with Crippen molar-refractivity contribution in [2.75, 3.05) is 46.2 Å². The third kappa shape index (κ3) is 12.6. The molecule has 0 spiro atoms. The van der Waals surface area contributed by atoms with Crippen LogP contribution < -0.4 is 0 Å². The lowest BCUT2D eigenvalue weighted by Crippen LogP contribution is -2.69. The molecule has 430 valence electrons. The molecule has 0 aliphatic carbocycles. The number of unbranched alkanes of at least 4 members (excludes halogenated alkanes) is 2. The van der Waals surface area contributed by atoms with Crippen molar-refractivity contribution in [2.45, 2.75) is 210 Å². The molecule has 0 aromatic heterocycles. The number of carbonyl (C=O) groups is 1. The first-order valence-electron chi connectivity index (χ1n) is 24.1. The number of rotatable bonds is 13. The molecule has 0 unspecified atom stereocenters. The standard InChI is InChI=1S/C42H70O32/c43-6-12-30-19(51)24(56)37(63-12)70-31-13(7-44)65-39(26(58)21(31)53)72-33-15(9-46)67-41(28(60)23(33)55)74-35-17(11-48)68-42(29(61)36(35)62-5-3-1-2-4-18(49)50)73-34-16(10-47)66-40(27(59)22(34)54)71-32-14(8-45)64-38(69-30)25(57)20(32)52/h12-17,19-48,51-61H,1-11H2,(H,49,50)/t12-,13-,14-,15-,16-,17-,19-,20-,21-,22-,23-,24-,25-,26-,27-,28-,29-,30-,31-,32-,33-,34-,35+,36-,37-,38-,39-,40-,41-,42-/m1/s1. The van der Waals surface area contributed by atoms with Gasteiger partial charge in [0.2, 0.25) is 0 Å². The van der Waals surface area contributed by atoms with Crippen molar-refractivity contribution in [1.82, 2.24) is 0 Å². The summed E-state index contributed by atoms with van der Waals surface area (Å²) in [4.78, 5) is 11.1. The Labute approximate surface area is 420 Å². The lowest BCUT2D eigenvalue weighted by atomic mass is 9.94. The zero-order valence-electron chi connectivity index (χ0n) is 39.4. The molecule has 22 fully saturated rings. The summed E-state index contributed by atoms with van der Waals surface area (Å²) in [6.45, 7) is -6.22. The second-order valence-electron chi connectivity index (χ2n) is 18.9. The van der Waals surface area contributed by atoms with Crippen molar-refractivity contribution in [2.24, 2.45) is 0 Å². The highest BCUT2D eigenvalue weighted by Gasteiger charge is 2.59. The second kappa shape index (κ2) is 26.5. The third-order valence-electron chi connectivity index (χ3n) is 14.0. The van der Waals surface area contributed by atoms with E-state index in [1.54, 1.807) is 0 Å². The molecule has 32 nitrogen and oxygen atoms in total. The minimum Gasteiger partial charge on any atom is -0.481 e. The molecule has 0 amide bonds. The van der Waals surface area contributed by atoms with E-state index in [4.69, 9.17) is 66.7 Å². The van der Waals surface area contributed by atoms with E-state index in [2.05, 4.69) is 0 Å². The van der Waals surface area contributed by atoms with Crippen LogP contribution in [0.15, 0.2) is 0 Å². The van der Waals surface area contributed by atoms with Crippen LogP contribution in [0.5, 0.6) is 0 Å². The van der Waals surface area contributed by atoms with Gasteiger partial charge in [0.05, 0.1) is 39.6 Å². The van der Waals surface area contributed by atoms with Gasteiger partial charge >= 0.3 is 5.97 Å². The van der Waals surface area contributed by atoms with E-state index in [1.165, 1.54) is 0 Å². The Kier molecular flexibility index (Phi) is 21.4. The Morgan fingerprint density at radius 3 is 0.811 bits per heavy atom. The molecule has 22 rings (SSSR count). The number of ether oxygens (including phenoxy) is 13. The number of hydrogen-bond acceptors (Lipinski definition) is 31. The van der Waals surface area contributed by atoms with Crippen molar-refractivity contribution in [1.29, 1.82) is 0 Å². The molecule has 18 N–H and O–H groups in total. The van der Waals surface area contributed by atoms with E-state index in [-0.39, 0.29) is 25.9 Å². The van der Waals surface area contributed by atoms with Gasteiger partial charge in [-0.15, -0.1) is 0 Å². The largest absolute Gasteiger partial charge is 0.481 e. The number of carboxylic acid groups (broad SMARTS) is 1. The van der Waals surface area contributed by atoms with Crippen molar-refractivity contribution in [3.63, 3.8) is 0 Å². The monoisotopic (exact) mass is 1090 g/mol. The van der Waals surface area contributed by atoms with Gasteiger partial charge in [0.15, 0.2) is 37.7 Å². The molecule has 22 aliphatic heterocycles. The van der Waals surface area contributed by atoms with Crippen molar-refractivity contribution < 1.29 is 158 Å². The highest BCUT2D eigenvalue weighted by atomic mass is 16.8. The van der Waals surface area contributed by atoms with Crippen LogP contribution in [0.3, 0.4) is 0 Å². The highest BCUT2D eigenvalue weighted by Crippen LogP contribution is 2.38. The lowest BCUT2D eigenvalue weighted by Gasteiger charge is -2.51. The molecule has 22 aliphatic rings. The van der Waals surface area contributed by atoms with E-state index in [0.717, 1.165) is 0 Å². The summed E-state index contributed by atoms with van der Waals surface area (Å²) < 4.78 is 75.4. The average Bonchev–Trinajstić information content (AvgIpc) is 3.38.